The van der Waals surface area contributed by atoms with Gasteiger partial charge < -0.3 is 9.88 Å². The van der Waals surface area contributed by atoms with Gasteiger partial charge in [-0.25, -0.2) is 13.8 Å². The first-order chi connectivity index (χ1) is 16.1. The third-order valence-corrected chi connectivity index (χ3v) is 7.37. The quantitative estimate of drug-likeness (QED) is 0.478. The van der Waals surface area contributed by atoms with Crippen LogP contribution in [0.2, 0.25) is 0 Å². The van der Waals surface area contributed by atoms with Crippen LogP contribution in [0.1, 0.15) is 70.3 Å². The van der Waals surface area contributed by atoms with E-state index >= 15 is 0 Å². The molecule has 174 valence electrons. The number of para-hydroxylation sites is 2. The summed E-state index contributed by atoms with van der Waals surface area (Å²) in [4.78, 5) is 18.7. The van der Waals surface area contributed by atoms with Crippen molar-refractivity contribution in [3.63, 3.8) is 0 Å². The van der Waals surface area contributed by atoms with Crippen molar-refractivity contribution in [1.29, 1.82) is 0 Å². The molecule has 5 rings (SSSR count). The van der Waals surface area contributed by atoms with Crippen LogP contribution < -0.4 is 5.32 Å². The number of benzene rings is 2. The number of imidazole rings is 1. The monoisotopic (exact) mass is 451 g/mol. The molecule has 0 bridgehead atoms. The van der Waals surface area contributed by atoms with Gasteiger partial charge in [0.25, 0.3) is 0 Å². The Hall–Kier alpha value is -2.76. The van der Waals surface area contributed by atoms with E-state index in [0.29, 0.717) is 11.4 Å². The van der Waals surface area contributed by atoms with Crippen molar-refractivity contribution in [2.75, 3.05) is 0 Å². The van der Waals surface area contributed by atoms with E-state index in [1.165, 1.54) is 18.9 Å². The molecule has 1 N–H and O–H groups in total. The number of hydrogen-bond acceptors (Lipinski definition) is 2. The van der Waals surface area contributed by atoms with E-state index in [4.69, 9.17) is 4.98 Å². The molecule has 0 aliphatic heterocycles. The zero-order valence-corrected chi connectivity index (χ0v) is 18.9. The Morgan fingerprint density at radius 3 is 2.33 bits per heavy atom. The Morgan fingerprint density at radius 2 is 1.61 bits per heavy atom. The lowest BCUT2D eigenvalue weighted by atomic mass is 9.82. The van der Waals surface area contributed by atoms with E-state index in [9.17, 15) is 13.6 Å². The molecule has 33 heavy (non-hydrogen) atoms. The van der Waals surface area contributed by atoms with Gasteiger partial charge in [0.2, 0.25) is 5.91 Å². The van der Waals surface area contributed by atoms with E-state index in [1.807, 2.05) is 28.8 Å². The summed E-state index contributed by atoms with van der Waals surface area (Å²) in [5.74, 6) is -1.07. The number of aromatic nitrogens is 2. The molecule has 6 heteroatoms. The molecule has 2 aliphatic carbocycles. The van der Waals surface area contributed by atoms with Crippen LogP contribution in [-0.4, -0.2) is 21.5 Å². The number of nitrogens with zero attached hydrogens (tertiary/aromatic N) is 2. The molecule has 0 radical (unpaired) electrons. The highest BCUT2D eigenvalue weighted by Gasteiger charge is 2.35. The van der Waals surface area contributed by atoms with E-state index in [1.54, 1.807) is 6.07 Å². The van der Waals surface area contributed by atoms with E-state index in [0.717, 1.165) is 68.5 Å². The van der Waals surface area contributed by atoms with Gasteiger partial charge in [-0.3, -0.25) is 4.79 Å². The third kappa shape index (κ3) is 4.53. The molecule has 1 amide bonds. The standard InChI is InChI=1S/C27H31F2N3O/c28-21-16-15-19(17-22(21)29)26-31-23-13-7-8-14-24(23)32(26)25(18-9-3-1-4-10-18)27(33)30-20-11-5-2-6-12-20/h7-8,13-18,20,25H,1-6,9-12H2,(H,30,33)/t25-/m0/s1. The number of hydrogen-bond donors (Lipinski definition) is 1. The minimum absolute atomic E-state index is 0.0285. The number of fused-ring (bicyclic) bond motifs is 1. The summed E-state index contributed by atoms with van der Waals surface area (Å²) in [6.45, 7) is 0. The molecular formula is C27H31F2N3O. The molecule has 2 saturated carbocycles. The zero-order chi connectivity index (χ0) is 22.8. The van der Waals surface area contributed by atoms with E-state index in [-0.39, 0.29) is 17.9 Å². The molecule has 1 aromatic heterocycles. The fraction of sp³-hybridized carbons (Fsp3) is 0.481. The molecule has 1 atom stereocenters. The van der Waals surface area contributed by atoms with Crippen LogP contribution in [0, 0.1) is 17.6 Å². The number of nitrogens with one attached hydrogen (secondary N) is 1. The SMILES string of the molecule is O=C(NC1CCCCC1)[C@H](C1CCCCC1)n1c(-c2ccc(F)c(F)c2)nc2ccccc21. The maximum Gasteiger partial charge on any atom is 0.243 e. The molecule has 2 aromatic carbocycles. The lowest BCUT2D eigenvalue weighted by molar-refractivity contribution is -0.127. The van der Waals surface area contributed by atoms with Crippen molar-refractivity contribution >= 4 is 16.9 Å². The number of carbonyl (C=O) groups is 1. The molecule has 2 fully saturated rings. The fourth-order valence-electron chi connectivity index (χ4n) is 5.69. The van der Waals surface area contributed by atoms with Gasteiger partial charge in [0.1, 0.15) is 11.9 Å². The smallest absolute Gasteiger partial charge is 0.243 e. The van der Waals surface area contributed by atoms with Crippen molar-refractivity contribution in [2.45, 2.75) is 76.3 Å². The fourth-order valence-corrected chi connectivity index (χ4v) is 5.69. The summed E-state index contributed by atoms with van der Waals surface area (Å²) < 4.78 is 29.9. The molecule has 2 aliphatic rings. The Morgan fingerprint density at radius 1 is 0.909 bits per heavy atom. The average molecular weight is 452 g/mol. The second-order valence-electron chi connectivity index (χ2n) is 9.61. The highest BCUT2D eigenvalue weighted by atomic mass is 19.2. The molecule has 4 nitrogen and oxygen atoms in total. The van der Waals surface area contributed by atoms with Crippen molar-refractivity contribution in [3.05, 3.63) is 54.1 Å². The van der Waals surface area contributed by atoms with Crippen molar-refractivity contribution in [2.24, 2.45) is 5.92 Å². The van der Waals surface area contributed by atoms with E-state index in [2.05, 4.69) is 5.32 Å². The second kappa shape index (κ2) is 9.62. The van der Waals surface area contributed by atoms with Gasteiger partial charge in [-0.15, -0.1) is 0 Å². The predicted octanol–water partition coefficient (Wildman–Crippen LogP) is 6.55. The average Bonchev–Trinajstić information content (AvgIpc) is 3.22. The van der Waals surface area contributed by atoms with Gasteiger partial charge in [0, 0.05) is 11.6 Å². The Bertz CT molecular complexity index is 1130. The summed E-state index contributed by atoms with van der Waals surface area (Å²) in [6.07, 6.45) is 10.9. The summed E-state index contributed by atoms with van der Waals surface area (Å²) in [7, 11) is 0. The highest BCUT2D eigenvalue weighted by Crippen LogP contribution is 2.38. The maximum atomic E-state index is 14.2. The minimum Gasteiger partial charge on any atom is -0.352 e. The van der Waals surface area contributed by atoms with Crippen LogP contribution in [0.5, 0.6) is 0 Å². The highest BCUT2D eigenvalue weighted by molar-refractivity contribution is 5.87. The lowest BCUT2D eigenvalue weighted by Crippen LogP contribution is -2.43. The molecule has 3 aromatic rings. The molecular weight excluding hydrogens is 420 g/mol. The van der Waals surface area contributed by atoms with Crippen molar-refractivity contribution < 1.29 is 13.6 Å². The minimum atomic E-state index is -0.910. The first kappa shape index (κ1) is 22.1. The topological polar surface area (TPSA) is 46.9 Å². The summed E-state index contributed by atoms with van der Waals surface area (Å²) in [6, 6.07) is 11.4. The van der Waals surface area contributed by atoms with Gasteiger partial charge >= 0.3 is 0 Å². The van der Waals surface area contributed by atoms with Crippen LogP contribution in [0.3, 0.4) is 0 Å². The maximum absolute atomic E-state index is 14.2. The Kier molecular flexibility index (Phi) is 6.43. The number of halogens is 2. The van der Waals surface area contributed by atoms with Crippen molar-refractivity contribution in [1.82, 2.24) is 14.9 Å². The van der Waals surface area contributed by atoms with Gasteiger partial charge in [0.05, 0.1) is 11.0 Å². The van der Waals surface area contributed by atoms with Gasteiger partial charge in [-0.1, -0.05) is 50.7 Å². The Balaban J connectivity index is 1.62. The zero-order valence-electron chi connectivity index (χ0n) is 18.9. The number of amides is 1. The third-order valence-electron chi connectivity index (χ3n) is 7.37. The molecule has 0 spiro atoms. The summed E-state index contributed by atoms with van der Waals surface area (Å²) in [5, 5.41) is 3.35. The molecule has 1 heterocycles. The number of carbonyl (C=O) groups excluding carboxylic acids is 1. The molecule has 0 unspecified atom stereocenters. The largest absolute Gasteiger partial charge is 0.352 e. The normalized spacial score (nSPS) is 19.0. The first-order valence-corrected chi connectivity index (χ1v) is 12.3. The Labute approximate surface area is 193 Å². The molecule has 0 saturated heterocycles. The van der Waals surface area contributed by atoms with Crippen LogP contribution in [0.15, 0.2) is 42.5 Å². The van der Waals surface area contributed by atoms with Gasteiger partial charge in [-0.05, 0) is 61.9 Å². The van der Waals surface area contributed by atoms with Gasteiger partial charge in [0.15, 0.2) is 11.6 Å². The van der Waals surface area contributed by atoms with Gasteiger partial charge in [-0.2, -0.15) is 0 Å². The van der Waals surface area contributed by atoms with E-state index < -0.39 is 17.7 Å². The number of rotatable bonds is 5. The van der Waals surface area contributed by atoms with Crippen LogP contribution >= 0.6 is 0 Å². The van der Waals surface area contributed by atoms with Crippen molar-refractivity contribution in [3.8, 4) is 11.4 Å². The second-order valence-corrected chi connectivity index (χ2v) is 9.61. The predicted molar refractivity (Wildman–Crippen MR) is 126 cm³/mol. The summed E-state index contributed by atoms with van der Waals surface area (Å²) >= 11 is 0. The van der Waals surface area contributed by atoms with Crippen LogP contribution in [-0.2, 0) is 4.79 Å². The summed E-state index contributed by atoms with van der Waals surface area (Å²) in [5.41, 5.74) is 2.09. The lowest BCUT2D eigenvalue weighted by Gasteiger charge is -2.33. The van der Waals surface area contributed by atoms with Crippen LogP contribution in [0.4, 0.5) is 8.78 Å². The first-order valence-electron chi connectivity index (χ1n) is 12.3. The van der Waals surface area contributed by atoms with Crippen LogP contribution in [0.25, 0.3) is 22.4 Å².